The summed E-state index contributed by atoms with van der Waals surface area (Å²) in [6.45, 7) is 20.4. The quantitative estimate of drug-likeness (QED) is 0.674. The summed E-state index contributed by atoms with van der Waals surface area (Å²) in [6.07, 6.45) is 3.04. The van der Waals surface area contributed by atoms with Gasteiger partial charge in [-0.15, -0.1) is 6.58 Å². The van der Waals surface area contributed by atoms with Crippen LogP contribution in [0.3, 0.4) is 0 Å². The third-order valence-electron chi connectivity index (χ3n) is 5.42. The predicted octanol–water partition coefficient (Wildman–Crippen LogP) is 5.23. The van der Waals surface area contributed by atoms with Gasteiger partial charge in [-0.2, -0.15) is 0 Å². The molecule has 3 nitrogen and oxygen atoms in total. The summed E-state index contributed by atoms with van der Waals surface area (Å²) in [4.78, 5) is 14.0. The number of hydrogen-bond acceptors (Lipinski definition) is 2. The number of likely N-dealkylation sites (tertiary alicyclic amines) is 1. The molecular weight excluding hydrogens is 334 g/mol. The molecule has 0 aromatic carbocycles. The van der Waals surface area contributed by atoms with Crippen LogP contribution in [0.5, 0.6) is 0 Å². The van der Waals surface area contributed by atoms with Crippen LogP contribution in [0, 0.1) is 22.7 Å². The Morgan fingerprint density at radius 1 is 1.15 bits per heavy atom. The van der Waals surface area contributed by atoms with Crippen molar-refractivity contribution in [3.05, 3.63) is 25.4 Å². The summed E-state index contributed by atoms with van der Waals surface area (Å²) in [5.74, 6) is -1.19. The lowest BCUT2D eigenvalue weighted by Gasteiger charge is -2.45. The van der Waals surface area contributed by atoms with Crippen molar-refractivity contribution in [2.75, 3.05) is 13.1 Å². The molecule has 5 heteroatoms. The van der Waals surface area contributed by atoms with E-state index < -0.39 is 11.3 Å². The van der Waals surface area contributed by atoms with Crippen molar-refractivity contribution in [1.82, 2.24) is 4.90 Å². The Morgan fingerprint density at radius 2 is 1.50 bits per heavy atom. The molecule has 1 amide bonds. The lowest BCUT2D eigenvalue weighted by atomic mass is 9.65. The van der Waals surface area contributed by atoms with Crippen LogP contribution in [0.1, 0.15) is 60.8 Å². The number of halogens is 2. The maximum atomic E-state index is 12.9. The maximum Gasteiger partial charge on any atom is 0.249 e. The van der Waals surface area contributed by atoms with Crippen LogP contribution in [0.15, 0.2) is 25.4 Å². The maximum absolute atomic E-state index is 12.9. The van der Waals surface area contributed by atoms with Crippen molar-refractivity contribution < 1.29 is 13.6 Å². The van der Waals surface area contributed by atoms with Gasteiger partial charge < -0.3 is 10.6 Å². The molecule has 0 radical (unpaired) electrons. The minimum Gasteiger partial charge on any atom is -0.405 e. The summed E-state index contributed by atoms with van der Waals surface area (Å²) < 4.78 is 25.8. The number of hydrogen-bond donors (Lipinski definition) is 1. The van der Waals surface area contributed by atoms with E-state index in [1.807, 2.05) is 32.6 Å². The van der Waals surface area contributed by atoms with Crippen LogP contribution < -0.4 is 5.73 Å². The Morgan fingerprint density at radius 3 is 1.81 bits per heavy atom. The first-order valence-corrected chi connectivity index (χ1v) is 9.51. The van der Waals surface area contributed by atoms with Crippen LogP contribution in [0.4, 0.5) is 8.78 Å². The smallest absolute Gasteiger partial charge is 0.249 e. The van der Waals surface area contributed by atoms with Gasteiger partial charge in [0.1, 0.15) is 0 Å². The molecule has 2 atom stereocenters. The highest BCUT2D eigenvalue weighted by Gasteiger charge is 2.63. The molecule has 1 saturated heterocycles. The third kappa shape index (κ3) is 6.10. The van der Waals surface area contributed by atoms with Gasteiger partial charge in [-0.05, 0) is 35.8 Å². The molecule has 2 N–H and O–H groups in total. The first-order valence-electron chi connectivity index (χ1n) is 9.51. The fourth-order valence-corrected chi connectivity index (χ4v) is 4.13. The number of carbonyl (C=O) groups is 1. The topological polar surface area (TPSA) is 46.3 Å². The molecule has 1 aliphatic heterocycles. The van der Waals surface area contributed by atoms with E-state index in [1.165, 1.54) is 6.20 Å². The number of piperidine rings is 1. The normalized spacial score (nSPS) is 27.5. The molecule has 152 valence electrons. The highest BCUT2D eigenvalue weighted by Crippen LogP contribution is 2.62. The van der Waals surface area contributed by atoms with Crippen molar-refractivity contribution >= 4 is 5.91 Å². The van der Waals surface area contributed by atoms with Gasteiger partial charge in [-0.3, -0.25) is 4.79 Å². The minimum absolute atomic E-state index is 0.0796. The van der Waals surface area contributed by atoms with Crippen molar-refractivity contribution in [2.45, 2.75) is 66.7 Å². The van der Waals surface area contributed by atoms with Gasteiger partial charge in [0, 0.05) is 32.4 Å². The van der Waals surface area contributed by atoms with Crippen molar-refractivity contribution in [3.8, 4) is 0 Å². The number of nitrogens with two attached hydrogens (primary N) is 1. The average Bonchev–Trinajstić information content (AvgIpc) is 2.88. The van der Waals surface area contributed by atoms with Crippen LogP contribution in [0.25, 0.3) is 0 Å². The fraction of sp³-hybridized carbons (Fsp3) is 0.762. The number of allylic oxidation sites excluding steroid dienone is 1. The summed E-state index contributed by atoms with van der Waals surface area (Å²) in [5.41, 5.74) is 4.53. The lowest BCUT2D eigenvalue weighted by Crippen LogP contribution is -2.47. The van der Waals surface area contributed by atoms with Crippen molar-refractivity contribution in [1.29, 1.82) is 0 Å². The average molecular weight is 373 g/mol. The number of amides is 1. The first kappa shape index (κ1) is 24.6. The molecule has 0 aromatic heterocycles. The summed E-state index contributed by atoms with van der Waals surface area (Å²) in [5, 5.41) is 0. The Kier molecular flexibility index (Phi) is 9.01. The number of alkyl halides is 2. The standard InChI is InChI=1S/C14H21F2NO.C3H6.C2H5N.C2H6/c1-12(2)9-5-17(6-10(9)12)11(18)4-13(3)7-14(15,16)8-13;1-3-2;1-2-3;1-2/h9-10H,4-8H2,1-3H3;3H,1H2,2H3;2H,1,3H2;1-2H3. The molecule has 0 spiro atoms. The van der Waals surface area contributed by atoms with Crippen LogP contribution >= 0.6 is 0 Å². The van der Waals surface area contributed by atoms with Gasteiger partial charge in [0.05, 0.1) is 0 Å². The van der Waals surface area contributed by atoms with Crippen LogP contribution in [-0.2, 0) is 4.79 Å². The van der Waals surface area contributed by atoms with Gasteiger partial charge in [0.15, 0.2) is 0 Å². The SMILES string of the molecule is C=CC.C=CN.CC.CC1(CC(=O)N2CC3C(C2)C3(C)C)CC(F)(F)C1. The van der Waals surface area contributed by atoms with E-state index in [0.29, 0.717) is 23.7 Å². The van der Waals surface area contributed by atoms with E-state index in [2.05, 4.69) is 32.7 Å². The molecular formula is C21H38F2N2O. The second-order valence-corrected chi connectivity index (χ2v) is 8.17. The number of carbonyl (C=O) groups excluding carboxylic acids is 1. The Hall–Kier alpha value is -1.39. The summed E-state index contributed by atoms with van der Waals surface area (Å²) >= 11 is 0. The third-order valence-corrected chi connectivity index (χ3v) is 5.42. The zero-order chi connectivity index (χ0) is 20.8. The first-order chi connectivity index (χ1) is 12.0. The molecule has 2 unspecified atom stereocenters. The Labute approximate surface area is 158 Å². The summed E-state index contributed by atoms with van der Waals surface area (Å²) in [6, 6.07) is 0. The molecule has 0 aromatic rings. The van der Waals surface area contributed by atoms with E-state index in [9.17, 15) is 13.6 Å². The molecule has 0 bridgehead atoms. The van der Waals surface area contributed by atoms with E-state index in [0.717, 1.165) is 13.1 Å². The number of fused-ring (bicyclic) bond motifs is 1. The van der Waals surface area contributed by atoms with Gasteiger partial charge in [0.25, 0.3) is 0 Å². The van der Waals surface area contributed by atoms with E-state index in [1.54, 1.807) is 6.08 Å². The molecule has 26 heavy (non-hydrogen) atoms. The van der Waals surface area contributed by atoms with Crippen LogP contribution in [0.2, 0.25) is 0 Å². The van der Waals surface area contributed by atoms with E-state index in [4.69, 9.17) is 0 Å². The van der Waals surface area contributed by atoms with E-state index >= 15 is 0 Å². The molecule has 2 aliphatic carbocycles. The Balaban J connectivity index is 0.000000679. The molecule has 3 rings (SSSR count). The predicted molar refractivity (Wildman–Crippen MR) is 106 cm³/mol. The van der Waals surface area contributed by atoms with Crippen molar-refractivity contribution in [2.24, 2.45) is 28.4 Å². The monoisotopic (exact) mass is 372 g/mol. The minimum atomic E-state index is -2.54. The lowest BCUT2D eigenvalue weighted by molar-refractivity contribution is -0.166. The van der Waals surface area contributed by atoms with Gasteiger partial charge >= 0.3 is 0 Å². The van der Waals surface area contributed by atoms with Crippen molar-refractivity contribution in [3.63, 3.8) is 0 Å². The second kappa shape index (κ2) is 9.52. The van der Waals surface area contributed by atoms with Crippen LogP contribution in [-0.4, -0.2) is 29.8 Å². The molecule has 1 heterocycles. The second-order valence-electron chi connectivity index (χ2n) is 8.17. The van der Waals surface area contributed by atoms with E-state index in [-0.39, 0.29) is 18.7 Å². The zero-order valence-electron chi connectivity index (χ0n) is 17.4. The number of rotatable bonds is 2. The number of nitrogens with zero attached hydrogens (tertiary/aromatic N) is 1. The Bertz CT molecular complexity index is 460. The molecule has 2 saturated carbocycles. The highest BCUT2D eigenvalue weighted by molar-refractivity contribution is 5.77. The van der Waals surface area contributed by atoms with Gasteiger partial charge in [0.2, 0.25) is 11.8 Å². The fourth-order valence-electron chi connectivity index (χ4n) is 4.13. The zero-order valence-corrected chi connectivity index (χ0v) is 17.4. The van der Waals surface area contributed by atoms with Gasteiger partial charge in [-0.25, -0.2) is 8.78 Å². The highest BCUT2D eigenvalue weighted by atomic mass is 19.3. The molecule has 3 fully saturated rings. The van der Waals surface area contributed by atoms with Gasteiger partial charge in [-0.1, -0.05) is 47.3 Å². The molecule has 3 aliphatic rings. The summed E-state index contributed by atoms with van der Waals surface area (Å²) in [7, 11) is 0. The largest absolute Gasteiger partial charge is 0.405 e.